The van der Waals surface area contributed by atoms with Gasteiger partial charge in [-0.25, -0.2) is 8.42 Å². The van der Waals surface area contributed by atoms with Crippen LogP contribution in [0.2, 0.25) is 0 Å². The number of para-hydroxylation sites is 1. The number of rotatable bonds is 6. The summed E-state index contributed by atoms with van der Waals surface area (Å²) in [5.41, 5.74) is 3.49. The van der Waals surface area contributed by atoms with Gasteiger partial charge in [0.2, 0.25) is 0 Å². The second-order valence-corrected chi connectivity index (χ2v) is 7.88. The van der Waals surface area contributed by atoms with Crippen LogP contribution < -0.4 is 4.31 Å². The lowest BCUT2D eigenvalue weighted by Crippen LogP contribution is -2.31. The van der Waals surface area contributed by atoms with Crippen LogP contribution in [0.4, 0.5) is 5.69 Å². The summed E-state index contributed by atoms with van der Waals surface area (Å²) >= 11 is 0. The third kappa shape index (κ3) is 3.55. The average Bonchev–Trinajstić information content (AvgIpc) is 2.67. The van der Waals surface area contributed by atoms with Gasteiger partial charge in [0.25, 0.3) is 10.0 Å². The Morgan fingerprint density at radius 1 is 0.885 bits per heavy atom. The number of benzene rings is 3. The predicted molar refractivity (Wildman–Crippen MR) is 108 cm³/mol. The van der Waals surface area contributed by atoms with Gasteiger partial charge in [-0.15, -0.1) is 6.58 Å². The van der Waals surface area contributed by atoms with E-state index in [4.69, 9.17) is 0 Å². The fourth-order valence-corrected chi connectivity index (χ4v) is 4.29. The summed E-state index contributed by atoms with van der Waals surface area (Å²) < 4.78 is 28.0. The van der Waals surface area contributed by atoms with Gasteiger partial charge in [-0.2, -0.15) is 0 Å². The summed E-state index contributed by atoms with van der Waals surface area (Å²) in [5.74, 6) is 0. The monoisotopic (exact) mass is 363 g/mol. The SMILES string of the molecule is C=CCN(c1ccccc1-c1ccccc1)S(=O)(=O)c1ccc(C)cc1. The first-order valence-corrected chi connectivity index (χ1v) is 9.83. The molecule has 0 N–H and O–H groups in total. The second kappa shape index (κ2) is 7.58. The maximum absolute atomic E-state index is 13.3. The Morgan fingerprint density at radius 3 is 2.15 bits per heavy atom. The Bertz CT molecular complexity index is 994. The van der Waals surface area contributed by atoms with Gasteiger partial charge < -0.3 is 0 Å². The zero-order valence-corrected chi connectivity index (χ0v) is 15.5. The maximum atomic E-state index is 13.3. The first kappa shape index (κ1) is 18.0. The zero-order valence-electron chi connectivity index (χ0n) is 14.7. The lowest BCUT2D eigenvalue weighted by Gasteiger charge is -2.25. The summed E-state index contributed by atoms with van der Waals surface area (Å²) in [6.45, 7) is 5.87. The van der Waals surface area contributed by atoms with E-state index < -0.39 is 10.0 Å². The van der Waals surface area contributed by atoms with Crippen molar-refractivity contribution < 1.29 is 8.42 Å². The van der Waals surface area contributed by atoms with Gasteiger partial charge in [0.15, 0.2) is 0 Å². The molecule has 132 valence electrons. The van der Waals surface area contributed by atoms with Gasteiger partial charge >= 0.3 is 0 Å². The minimum Gasteiger partial charge on any atom is -0.262 e. The van der Waals surface area contributed by atoms with Gasteiger partial charge in [-0.05, 0) is 30.7 Å². The fraction of sp³-hybridized carbons (Fsp3) is 0.0909. The van der Waals surface area contributed by atoms with E-state index in [-0.39, 0.29) is 11.4 Å². The van der Waals surface area contributed by atoms with Crippen molar-refractivity contribution in [3.8, 4) is 11.1 Å². The van der Waals surface area contributed by atoms with E-state index in [0.717, 1.165) is 16.7 Å². The molecule has 0 heterocycles. The standard InChI is InChI=1S/C22H21NO2S/c1-3-17-23(26(24,25)20-15-13-18(2)14-16-20)22-12-8-7-11-21(22)19-9-5-4-6-10-19/h3-16H,1,17H2,2H3. The predicted octanol–water partition coefficient (Wildman–Crippen LogP) is 5.04. The summed E-state index contributed by atoms with van der Waals surface area (Å²) in [6.07, 6.45) is 1.60. The molecule has 0 atom stereocenters. The van der Waals surface area contributed by atoms with E-state index in [0.29, 0.717) is 5.69 Å². The number of hydrogen-bond acceptors (Lipinski definition) is 2. The molecule has 3 aromatic rings. The number of sulfonamides is 1. The number of anilines is 1. The average molecular weight is 363 g/mol. The quantitative estimate of drug-likeness (QED) is 0.575. The highest BCUT2D eigenvalue weighted by Crippen LogP contribution is 2.34. The van der Waals surface area contributed by atoms with Gasteiger partial charge in [-0.1, -0.05) is 72.3 Å². The molecule has 0 saturated carbocycles. The molecule has 3 rings (SSSR count). The Kier molecular flexibility index (Phi) is 5.24. The molecule has 3 nitrogen and oxygen atoms in total. The minimum atomic E-state index is -3.70. The topological polar surface area (TPSA) is 37.4 Å². The lowest BCUT2D eigenvalue weighted by molar-refractivity contribution is 0.593. The molecule has 0 aliphatic heterocycles. The third-order valence-corrected chi connectivity index (χ3v) is 5.96. The van der Waals surface area contributed by atoms with Crippen LogP contribution in [0, 0.1) is 6.92 Å². The molecule has 0 fully saturated rings. The Morgan fingerprint density at radius 2 is 1.50 bits per heavy atom. The summed E-state index contributed by atoms with van der Waals surface area (Å²) in [4.78, 5) is 0.271. The van der Waals surface area contributed by atoms with Crippen molar-refractivity contribution in [3.05, 3.63) is 97.1 Å². The van der Waals surface area contributed by atoms with E-state index in [1.165, 1.54) is 4.31 Å². The molecule has 0 bridgehead atoms. The highest BCUT2D eigenvalue weighted by atomic mass is 32.2. The first-order chi connectivity index (χ1) is 12.5. The summed E-state index contributed by atoms with van der Waals surface area (Å²) in [5, 5.41) is 0. The van der Waals surface area contributed by atoms with Gasteiger partial charge in [-0.3, -0.25) is 4.31 Å². The van der Waals surface area contributed by atoms with Crippen molar-refractivity contribution in [1.82, 2.24) is 0 Å². The normalized spacial score (nSPS) is 11.1. The van der Waals surface area contributed by atoms with E-state index in [9.17, 15) is 8.42 Å². The Balaban J connectivity index is 2.15. The highest BCUT2D eigenvalue weighted by molar-refractivity contribution is 7.92. The lowest BCUT2D eigenvalue weighted by atomic mass is 10.0. The van der Waals surface area contributed by atoms with Crippen LogP contribution >= 0.6 is 0 Å². The molecule has 0 unspecified atom stereocenters. The zero-order chi connectivity index (χ0) is 18.6. The maximum Gasteiger partial charge on any atom is 0.264 e. The van der Waals surface area contributed by atoms with Crippen molar-refractivity contribution in [3.63, 3.8) is 0 Å². The molecule has 26 heavy (non-hydrogen) atoms. The molecule has 0 aliphatic carbocycles. The fourth-order valence-electron chi connectivity index (χ4n) is 2.83. The van der Waals surface area contributed by atoms with Gasteiger partial charge in [0.1, 0.15) is 0 Å². The summed E-state index contributed by atoms with van der Waals surface area (Å²) in [6, 6.07) is 24.2. The third-order valence-electron chi connectivity index (χ3n) is 4.16. The van der Waals surface area contributed by atoms with E-state index in [1.807, 2.05) is 73.7 Å². The molecule has 0 radical (unpaired) electrons. The molecule has 0 amide bonds. The van der Waals surface area contributed by atoms with Crippen molar-refractivity contribution in [2.24, 2.45) is 0 Å². The van der Waals surface area contributed by atoms with Crippen molar-refractivity contribution in [2.45, 2.75) is 11.8 Å². The van der Waals surface area contributed by atoms with Crippen molar-refractivity contribution in [1.29, 1.82) is 0 Å². The molecule has 0 saturated heterocycles. The molecule has 0 spiro atoms. The number of aryl methyl sites for hydroxylation is 1. The van der Waals surface area contributed by atoms with Gasteiger partial charge in [0, 0.05) is 5.56 Å². The van der Waals surface area contributed by atoms with Crippen molar-refractivity contribution in [2.75, 3.05) is 10.8 Å². The van der Waals surface area contributed by atoms with Crippen LogP contribution in [-0.2, 0) is 10.0 Å². The van der Waals surface area contributed by atoms with Gasteiger partial charge in [0.05, 0.1) is 17.1 Å². The van der Waals surface area contributed by atoms with Crippen LogP contribution in [0.1, 0.15) is 5.56 Å². The van der Waals surface area contributed by atoms with E-state index in [2.05, 4.69) is 6.58 Å². The molecular weight excluding hydrogens is 342 g/mol. The van der Waals surface area contributed by atoms with Crippen LogP contribution in [0.3, 0.4) is 0 Å². The molecular formula is C22H21NO2S. The van der Waals surface area contributed by atoms with Crippen molar-refractivity contribution >= 4 is 15.7 Å². The Hall–Kier alpha value is -2.85. The van der Waals surface area contributed by atoms with E-state index >= 15 is 0 Å². The number of hydrogen-bond donors (Lipinski definition) is 0. The largest absolute Gasteiger partial charge is 0.264 e. The minimum absolute atomic E-state index is 0.195. The smallest absolute Gasteiger partial charge is 0.262 e. The van der Waals surface area contributed by atoms with Crippen LogP contribution in [-0.4, -0.2) is 15.0 Å². The molecule has 0 aromatic heterocycles. The van der Waals surface area contributed by atoms with Crippen LogP contribution in [0.5, 0.6) is 0 Å². The molecule has 0 aliphatic rings. The van der Waals surface area contributed by atoms with Crippen LogP contribution in [0.25, 0.3) is 11.1 Å². The number of nitrogens with zero attached hydrogens (tertiary/aromatic N) is 1. The summed E-state index contributed by atoms with van der Waals surface area (Å²) in [7, 11) is -3.70. The second-order valence-electron chi connectivity index (χ2n) is 6.02. The van der Waals surface area contributed by atoms with Crippen LogP contribution in [0.15, 0.2) is 96.4 Å². The molecule has 3 aromatic carbocycles. The highest BCUT2D eigenvalue weighted by Gasteiger charge is 2.25. The van der Waals surface area contributed by atoms with E-state index in [1.54, 1.807) is 18.2 Å². The molecule has 4 heteroatoms. The Labute approximate surface area is 155 Å². The first-order valence-electron chi connectivity index (χ1n) is 8.39.